The van der Waals surface area contributed by atoms with Crippen LogP contribution in [0.25, 0.3) is 0 Å². The molecule has 0 aliphatic carbocycles. The molecule has 0 aromatic carbocycles. The van der Waals surface area contributed by atoms with Gasteiger partial charge in [-0.1, -0.05) is 283 Å². The van der Waals surface area contributed by atoms with E-state index in [0.717, 1.165) is 57.8 Å². The fourth-order valence-electron chi connectivity index (χ4n) is 8.93. The highest BCUT2D eigenvalue weighted by Gasteiger charge is 2.18. The molecule has 2 unspecified atom stereocenters. The van der Waals surface area contributed by atoms with Gasteiger partial charge in [0.2, 0.25) is 5.91 Å². The van der Waals surface area contributed by atoms with Gasteiger partial charge in [0, 0.05) is 12.8 Å². The van der Waals surface area contributed by atoms with Crippen LogP contribution in [0.15, 0.2) is 12.2 Å². The predicted octanol–water partition coefficient (Wildman–Crippen LogP) is 17.3. The summed E-state index contributed by atoms with van der Waals surface area (Å²) in [4.78, 5) is 24.5. The number of rotatable bonds is 53. The summed E-state index contributed by atoms with van der Waals surface area (Å²) < 4.78 is 5.48. The Morgan fingerprint density at radius 2 is 0.730 bits per heavy atom. The number of aliphatic hydroxyl groups is 2. The van der Waals surface area contributed by atoms with Crippen LogP contribution in [0.4, 0.5) is 0 Å². The Kier molecular flexibility index (Phi) is 52.0. The molecule has 0 spiro atoms. The number of carbonyl (C=O) groups is 2. The minimum Gasteiger partial charge on any atom is -0.466 e. The first-order valence-corrected chi connectivity index (χ1v) is 28.5. The van der Waals surface area contributed by atoms with E-state index in [1.165, 1.54) is 231 Å². The number of esters is 1. The summed E-state index contributed by atoms with van der Waals surface area (Å²) in [5, 5.41) is 23.1. The Morgan fingerprint density at radius 3 is 1.08 bits per heavy atom. The molecule has 0 aliphatic heterocycles. The SMILES string of the molecule is CCCCCCCCCCCCCCC/C=C/C(O)C(CO)NC(=O)CCCCCCCCCCCCCCCCOC(=O)CCCCCCCCCCCCCCCCCCC. The van der Waals surface area contributed by atoms with Crippen molar-refractivity contribution < 1.29 is 24.5 Å². The van der Waals surface area contributed by atoms with Crippen LogP contribution in [0, 0.1) is 0 Å². The van der Waals surface area contributed by atoms with Crippen LogP contribution >= 0.6 is 0 Å². The van der Waals surface area contributed by atoms with Gasteiger partial charge in [0.1, 0.15) is 0 Å². The van der Waals surface area contributed by atoms with Crippen LogP contribution in [0.5, 0.6) is 0 Å². The van der Waals surface area contributed by atoms with Crippen molar-refractivity contribution in [1.29, 1.82) is 0 Å². The summed E-state index contributed by atoms with van der Waals surface area (Å²) in [5.74, 6) is -0.0755. The molecule has 0 bridgehead atoms. The average Bonchev–Trinajstić information content (AvgIpc) is 3.28. The number of hydrogen-bond donors (Lipinski definition) is 3. The molecule has 0 fully saturated rings. The molecular formula is C57H111NO5. The molecule has 3 N–H and O–H groups in total. The molecule has 0 aliphatic rings. The van der Waals surface area contributed by atoms with Crippen LogP contribution in [0.3, 0.4) is 0 Å². The topological polar surface area (TPSA) is 95.9 Å². The van der Waals surface area contributed by atoms with Crippen molar-refractivity contribution in [3.8, 4) is 0 Å². The van der Waals surface area contributed by atoms with Crippen molar-refractivity contribution in [2.45, 2.75) is 328 Å². The largest absolute Gasteiger partial charge is 0.466 e. The second-order valence-corrected chi connectivity index (χ2v) is 19.6. The maximum Gasteiger partial charge on any atom is 0.305 e. The standard InChI is InChI=1S/C57H111NO5/c1-3-5-7-9-11-13-15-17-19-20-22-27-31-35-39-43-47-51-57(62)63-52-48-44-40-36-32-28-24-23-26-30-34-38-42-46-50-56(61)58-54(53-59)55(60)49-45-41-37-33-29-25-21-18-16-14-12-10-8-6-4-2/h45,49,54-55,59-60H,3-44,46-48,50-53H2,1-2H3,(H,58,61)/b49-45+. The van der Waals surface area contributed by atoms with Gasteiger partial charge < -0.3 is 20.3 Å². The van der Waals surface area contributed by atoms with Gasteiger partial charge in [0.05, 0.1) is 25.4 Å². The molecule has 374 valence electrons. The Hall–Kier alpha value is -1.40. The minimum atomic E-state index is -0.850. The second-order valence-electron chi connectivity index (χ2n) is 19.6. The Labute approximate surface area is 393 Å². The lowest BCUT2D eigenvalue weighted by Crippen LogP contribution is -2.45. The molecule has 6 nitrogen and oxygen atoms in total. The molecule has 0 heterocycles. The smallest absolute Gasteiger partial charge is 0.305 e. The van der Waals surface area contributed by atoms with Crippen LogP contribution in [-0.2, 0) is 14.3 Å². The lowest BCUT2D eigenvalue weighted by molar-refractivity contribution is -0.143. The van der Waals surface area contributed by atoms with Crippen LogP contribution in [0.2, 0.25) is 0 Å². The second kappa shape index (κ2) is 53.2. The summed E-state index contributed by atoms with van der Waals surface area (Å²) in [5.41, 5.74) is 0. The van der Waals surface area contributed by atoms with Gasteiger partial charge in [0.15, 0.2) is 0 Å². The zero-order chi connectivity index (χ0) is 45.8. The van der Waals surface area contributed by atoms with Crippen LogP contribution in [-0.4, -0.2) is 47.4 Å². The van der Waals surface area contributed by atoms with E-state index in [1.54, 1.807) is 6.08 Å². The Bertz CT molecular complexity index is 939. The first kappa shape index (κ1) is 61.6. The van der Waals surface area contributed by atoms with E-state index in [1.807, 2.05) is 6.08 Å². The lowest BCUT2D eigenvalue weighted by Gasteiger charge is -2.20. The quantitative estimate of drug-likeness (QED) is 0.0321. The summed E-state index contributed by atoms with van der Waals surface area (Å²) in [6.07, 6.45) is 62.2. The number of allylic oxidation sites excluding steroid dienone is 1. The molecule has 0 rings (SSSR count). The van der Waals surface area contributed by atoms with E-state index in [0.29, 0.717) is 19.4 Å². The number of unbranched alkanes of at least 4 members (excludes halogenated alkanes) is 42. The summed E-state index contributed by atoms with van der Waals surface area (Å²) in [6.45, 7) is 4.90. The van der Waals surface area contributed by atoms with Gasteiger partial charge in [-0.25, -0.2) is 0 Å². The van der Waals surface area contributed by atoms with Crippen molar-refractivity contribution in [2.24, 2.45) is 0 Å². The number of aliphatic hydroxyl groups excluding tert-OH is 2. The maximum atomic E-state index is 12.4. The summed E-state index contributed by atoms with van der Waals surface area (Å²) in [7, 11) is 0. The van der Waals surface area contributed by atoms with Crippen molar-refractivity contribution in [2.75, 3.05) is 13.2 Å². The molecule has 0 aromatic rings. The number of amides is 1. The third-order valence-electron chi connectivity index (χ3n) is 13.3. The number of nitrogens with one attached hydrogen (secondary N) is 1. The van der Waals surface area contributed by atoms with Crippen LogP contribution < -0.4 is 5.32 Å². The zero-order valence-electron chi connectivity index (χ0n) is 42.6. The number of hydrogen-bond acceptors (Lipinski definition) is 5. The molecule has 0 saturated carbocycles. The molecule has 1 amide bonds. The van der Waals surface area contributed by atoms with Crippen molar-refractivity contribution >= 4 is 11.9 Å². The van der Waals surface area contributed by atoms with E-state index in [2.05, 4.69) is 19.2 Å². The van der Waals surface area contributed by atoms with Crippen LogP contribution in [0.1, 0.15) is 316 Å². The predicted molar refractivity (Wildman–Crippen MR) is 273 cm³/mol. The normalized spacial score (nSPS) is 12.6. The van der Waals surface area contributed by atoms with E-state index < -0.39 is 12.1 Å². The van der Waals surface area contributed by atoms with Gasteiger partial charge in [-0.05, 0) is 32.1 Å². The Morgan fingerprint density at radius 1 is 0.429 bits per heavy atom. The van der Waals surface area contributed by atoms with Gasteiger partial charge in [-0.2, -0.15) is 0 Å². The molecule has 0 aromatic heterocycles. The molecule has 63 heavy (non-hydrogen) atoms. The monoisotopic (exact) mass is 890 g/mol. The van der Waals surface area contributed by atoms with Gasteiger partial charge in [-0.15, -0.1) is 0 Å². The molecule has 0 radical (unpaired) electrons. The highest BCUT2D eigenvalue weighted by molar-refractivity contribution is 5.76. The third-order valence-corrected chi connectivity index (χ3v) is 13.3. The van der Waals surface area contributed by atoms with E-state index in [-0.39, 0.29) is 18.5 Å². The van der Waals surface area contributed by atoms with Crippen molar-refractivity contribution in [3.05, 3.63) is 12.2 Å². The third kappa shape index (κ3) is 49.9. The minimum absolute atomic E-state index is 0.000960. The first-order valence-electron chi connectivity index (χ1n) is 28.5. The van der Waals surface area contributed by atoms with E-state index in [9.17, 15) is 19.8 Å². The molecule has 0 saturated heterocycles. The van der Waals surface area contributed by atoms with Crippen molar-refractivity contribution in [3.63, 3.8) is 0 Å². The Balaban J connectivity index is 3.44. The van der Waals surface area contributed by atoms with E-state index >= 15 is 0 Å². The fourth-order valence-corrected chi connectivity index (χ4v) is 8.93. The average molecular weight is 891 g/mol. The maximum absolute atomic E-state index is 12.4. The van der Waals surface area contributed by atoms with Crippen molar-refractivity contribution in [1.82, 2.24) is 5.32 Å². The van der Waals surface area contributed by atoms with Gasteiger partial charge in [0.25, 0.3) is 0 Å². The molecule has 6 heteroatoms. The lowest BCUT2D eigenvalue weighted by atomic mass is 10.0. The number of ether oxygens (including phenoxy) is 1. The van der Waals surface area contributed by atoms with Gasteiger partial charge >= 0.3 is 5.97 Å². The summed E-state index contributed by atoms with van der Waals surface area (Å²) >= 11 is 0. The number of carbonyl (C=O) groups excluding carboxylic acids is 2. The zero-order valence-corrected chi connectivity index (χ0v) is 42.6. The summed E-state index contributed by atoms with van der Waals surface area (Å²) in [6, 6.07) is -0.634. The van der Waals surface area contributed by atoms with E-state index in [4.69, 9.17) is 4.74 Å². The highest BCUT2D eigenvalue weighted by atomic mass is 16.5. The molecule has 2 atom stereocenters. The fraction of sp³-hybridized carbons (Fsp3) is 0.930. The van der Waals surface area contributed by atoms with Gasteiger partial charge in [-0.3, -0.25) is 9.59 Å². The first-order chi connectivity index (χ1) is 31.0. The molecular weight excluding hydrogens is 779 g/mol. The highest BCUT2D eigenvalue weighted by Crippen LogP contribution is 2.17.